The van der Waals surface area contributed by atoms with E-state index in [9.17, 15) is 4.79 Å². The highest BCUT2D eigenvalue weighted by Crippen LogP contribution is 2.27. The molecule has 70 valence electrons. The van der Waals surface area contributed by atoms with Crippen molar-refractivity contribution in [2.24, 2.45) is 5.92 Å². The lowest BCUT2D eigenvalue weighted by Gasteiger charge is -2.35. The van der Waals surface area contributed by atoms with Gasteiger partial charge in [0, 0.05) is 19.1 Å². The van der Waals surface area contributed by atoms with Gasteiger partial charge in [-0.05, 0) is 12.8 Å². The Hall–Kier alpha value is -0.0400. The molecule has 0 saturated carbocycles. The van der Waals surface area contributed by atoms with Crippen LogP contribution in [0.15, 0.2) is 0 Å². The number of aliphatic hydroxyl groups is 1. The van der Waals surface area contributed by atoms with Crippen LogP contribution in [0.5, 0.6) is 0 Å². The summed E-state index contributed by atoms with van der Waals surface area (Å²) in [7, 11) is 0. The predicted molar refractivity (Wildman–Crippen MR) is 52.3 cm³/mol. The van der Waals surface area contributed by atoms with Crippen LogP contribution in [0.4, 0.5) is 4.79 Å². The average molecular weight is 285 g/mol. The van der Waals surface area contributed by atoms with Crippen LogP contribution < -0.4 is 0 Å². The first-order valence-electron chi connectivity index (χ1n) is 3.91. The molecule has 1 aliphatic heterocycles. The van der Waals surface area contributed by atoms with Crippen LogP contribution in [-0.4, -0.2) is 38.4 Å². The first-order valence-corrected chi connectivity index (χ1v) is 5.16. The molecule has 0 aromatic heterocycles. The Morgan fingerprint density at radius 3 is 2.83 bits per heavy atom. The molecule has 0 radical (unpaired) electrons. The second-order valence-electron chi connectivity index (χ2n) is 2.93. The molecule has 5 heteroatoms. The maximum Gasteiger partial charge on any atom is 0.408 e. The van der Waals surface area contributed by atoms with Gasteiger partial charge in [-0.3, -0.25) is 4.90 Å². The Morgan fingerprint density at radius 1 is 1.67 bits per heavy atom. The molecule has 0 aliphatic carbocycles. The van der Waals surface area contributed by atoms with Crippen LogP contribution in [0.1, 0.15) is 12.8 Å². The fourth-order valence-electron chi connectivity index (χ4n) is 1.42. The number of alkyl halides is 1. The third-order valence-corrected chi connectivity index (χ3v) is 3.83. The summed E-state index contributed by atoms with van der Waals surface area (Å²) in [5.74, 6) is 0.107. The van der Waals surface area contributed by atoms with Crippen LogP contribution in [0.25, 0.3) is 0 Å². The summed E-state index contributed by atoms with van der Waals surface area (Å²) >= 11 is 2.08. The van der Waals surface area contributed by atoms with Crippen molar-refractivity contribution in [1.29, 1.82) is 0 Å². The third-order valence-electron chi connectivity index (χ3n) is 2.14. The zero-order chi connectivity index (χ0) is 9.14. The highest BCUT2D eigenvalue weighted by Gasteiger charge is 2.31. The standard InChI is InChI=1S/C7H12INO3/c8-6-5(4-10)2-1-3-9(6)7(11)12/h5-6,10H,1-4H2,(H,11,12). The molecular formula is C7H12INO3. The average Bonchev–Trinajstić information content (AvgIpc) is 2.04. The lowest BCUT2D eigenvalue weighted by Crippen LogP contribution is -2.45. The maximum absolute atomic E-state index is 10.7. The number of piperidine rings is 1. The Morgan fingerprint density at radius 2 is 2.33 bits per heavy atom. The number of aliphatic hydroxyl groups excluding tert-OH is 1. The van der Waals surface area contributed by atoms with E-state index in [4.69, 9.17) is 10.2 Å². The smallest absolute Gasteiger partial charge is 0.408 e. The summed E-state index contributed by atoms with van der Waals surface area (Å²) < 4.78 is -0.0705. The number of carbonyl (C=O) groups is 1. The van der Waals surface area contributed by atoms with Crippen molar-refractivity contribution >= 4 is 28.7 Å². The molecule has 4 nitrogen and oxygen atoms in total. The molecule has 0 spiro atoms. The summed E-state index contributed by atoms with van der Waals surface area (Å²) in [6.45, 7) is 0.677. The van der Waals surface area contributed by atoms with E-state index < -0.39 is 6.09 Å². The van der Waals surface area contributed by atoms with Gasteiger partial charge >= 0.3 is 6.09 Å². The van der Waals surface area contributed by atoms with E-state index in [2.05, 4.69) is 22.6 Å². The molecule has 2 unspecified atom stereocenters. The second-order valence-corrected chi connectivity index (χ2v) is 4.21. The molecular weight excluding hydrogens is 273 g/mol. The van der Waals surface area contributed by atoms with Crippen molar-refractivity contribution in [2.45, 2.75) is 16.9 Å². The summed E-state index contributed by atoms with van der Waals surface area (Å²) in [4.78, 5) is 12.1. The van der Waals surface area contributed by atoms with E-state index >= 15 is 0 Å². The SMILES string of the molecule is O=C(O)N1CCCC(CO)C1I. The first-order chi connectivity index (χ1) is 5.66. The van der Waals surface area contributed by atoms with Crippen molar-refractivity contribution in [3.05, 3.63) is 0 Å². The van der Waals surface area contributed by atoms with Gasteiger partial charge in [-0.2, -0.15) is 0 Å². The molecule has 1 amide bonds. The number of rotatable bonds is 1. The van der Waals surface area contributed by atoms with E-state index in [1.54, 1.807) is 0 Å². The van der Waals surface area contributed by atoms with Crippen LogP contribution >= 0.6 is 22.6 Å². The number of halogens is 1. The van der Waals surface area contributed by atoms with E-state index in [1.165, 1.54) is 4.90 Å². The predicted octanol–water partition coefficient (Wildman–Crippen LogP) is 1.13. The van der Waals surface area contributed by atoms with E-state index in [0.717, 1.165) is 12.8 Å². The van der Waals surface area contributed by atoms with Crippen LogP contribution in [0.3, 0.4) is 0 Å². The summed E-state index contributed by atoms with van der Waals surface area (Å²) in [6.07, 6.45) is 0.901. The van der Waals surface area contributed by atoms with Gasteiger partial charge in [0.1, 0.15) is 0 Å². The Bertz CT molecular complexity index is 176. The Labute approximate surface area is 84.7 Å². The van der Waals surface area contributed by atoms with Crippen molar-refractivity contribution in [1.82, 2.24) is 4.90 Å². The lowest BCUT2D eigenvalue weighted by atomic mass is 9.99. The highest BCUT2D eigenvalue weighted by molar-refractivity contribution is 14.1. The zero-order valence-corrected chi connectivity index (χ0v) is 8.77. The van der Waals surface area contributed by atoms with Gasteiger partial charge in [0.15, 0.2) is 0 Å². The molecule has 1 heterocycles. The fraction of sp³-hybridized carbons (Fsp3) is 0.857. The normalized spacial score (nSPS) is 30.3. The molecule has 0 aromatic rings. The minimum Gasteiger partial charge on any atom is -0.465 e. The Balaban J connectivity index is 2.59. The molecule has 1 rings (SSSR count). The van der Waals surface area contributed by atoms with Crippen LogP contribution in [0, 0.1) is 5.92 Å². The summed E-state index contributed by atoms with van der Waals surface area (Å²) in [5, 5.41) is 17.7. The van der Waals surface area contributed by atoms with E-state index in [-0.39, 0.29) is 16.6 Å². The van der Waals surface area contributed by atoms with Crippen molar-refractivity contribution in [2.75, 3.05) is 13.2 Å². The quantitative estimate of drug-likeness (QED) is 0.431. The molecule has 12 heavy (non-hydrogen) atoms. The van der Waals surface area contributed by atoms with E-state index in [1.807, 2.05) is 0 Å². The summed E-state index contributed by atoms with van der Waals surface area (Å²) in [5.41, 5.74) is 0. The van der Waals surface area contributed by atoms with Crippen molar-refractivity contribution in [3.63, 3.8) is 0 Å². The monoisotopic (exact) mass is 285 g/mol. The lowest BCUT2D eigenvalue weighted by molar-refractivity contribution is 0.0934. The van der Waals surface area contributed by atoms with Gasteiger partial charge in [0.05, 0.1) is 4.05 Å². The van der Waals surface area contributed by atoms with Gasteiger partial charge in [-0.1, -0.05) is 22.6 Å². The number of carboxylic acid groups (broad SMARTS) is 1. The number of likely N-dealkylation sites (tertiary alicyclic amines) is 1. The van der Waals surface area contributed by atoms with Crippen molar-refractivity contribution in [3.8, 4) is 0 Å². The number of nitrogens with zero attached hydrogens (tertiary/aromatic N) is 1. The van der Waals surface area contributed by atoms with Gasteiger partial charge < -0.3 is 10.2 Å². The van der Waals surface area contributed by atoms with Gasteiger partial charge in [0.2, 0.25) is 0 Å². The summed E-state index contributed by atoms with van der Waals surface area (Å²) in [6, 6.07) is 0. The minimum absolute atomic E-state index is 0.0705. The van der Waals surface area contributed by atoms with Crippen molar-refractivity contribution < 1.29 is 15.0 Å². The van der Waals surface area contributed by atoms with Gasteiger partial charge in [-0.25, -0.2) is 4.79 Å². The topological polar surface area (TPSA) is 60.8 Å². The number of amides is 1. The molecule has 1 fully saturated rings. The maximum atomic E-state index is 10.7. The molecule has 0 aromatic carbocycles. The second kappa shape index (κ2) is 4.27. The number of hydrogen-bond donors (Lipinski definition) is 2. The van der Waals surface area contributed by atoms with Gasteiger partial charge in [0.25, 0.3) is 0 Å². The first kappa shape index (κ1) is 10.0. The third kappa shape index (κ3) is 2.01. The molecule has 1 saturated heterocycles. The van der Waals surface area contributed by atoms with E-state index in [0.29, 0.717) is 6.54 Å². The molecule has 1 aliphatic rings. The van der Waals surface area contributed by atoms with Gasteiger partial charge in [-0.15, -0.1) is 0 Å². The van der Waals surface area contributed by atoms with Crippen LogP contribution in [-0.2, 0) is 0 Å². The zero-order valence-electron chi connectivity index (χ0n) is 6.61. The molecule has 0 bridgehead atoms. The fourth-order valence-corrected chi connectivity index (χ4v) is 2.52. The Kier molecular flexibility index (Phi) is 3.57. The molecule has 2 atom stereocenters. The molecule has 2 N–H and O–H groups in total. The largest absolute Gasteiger partial charge is 0.465 e. The highest BCUT2D eigenvalue weighted by atomic mass is 127. The number of hydrogen-bond acceptors (Lipinski definition) is 2. The van der Waals surface area contributed by atoms with Crippen LogP contribution in [0.2, 0.25) is 0 Å². The minimum atomic E-state index is -0.882.